The first-order valence-corrected chi connectivity index (χ1v) is 15.8. The number of aryl methyl sites for hydroxylation is 1. The van der Waals surface area contributed by atoms with E-state index in [1.54, 1.807) is 11.8 Å². The number of carbonyl (C=O) groups excluding carboxylic acids is 2. The van der Waals surface area contributed by atoms with E-state index in [4.69, 9.17) is 0 Å². The summed E-state index contributed by atoms with van der Waals surface area (Å²) in [5.41, 5.74) is 3.29. The molecule has 2 amide bonds. The Kier molecular flexibility index (Phi) is 9.57. The number of nitrogens with zero attached hydrogens (tertiary/aromatic N) is 5. The first-order valence-electron chi connectivity index (χ1n) is 14.8. The molecule has 5 rings (SSSR count). The lowest BCUT2D eigenvalue weighted by atomic mass is 9.88. The van der Waals surface area contributed by atoms with E-state index in [0.29, 0.717) is 32.0 Å². The summed E-state index contributed by atoms with van der Waals surface area (Å²) in [4.78, 5) is 30.0. The lowest BCUT2D eigenvalue weighted by Gasteiger charge is -2.41. The van der Waals surface area contributed by atoms with E-state index in [1.807, 2.05) is 28.0 Å². The molecule has 40 heavy (non-hydrogen) atoms. The summed E-state index contributed by atoms with van der Waals surface area (Å²) < 4.78 is 2.12. The van der Waals surface area contributed by atoms with E-state index in [0.717, 1.165) is 53.7 Å². The Labute approximate surface area is 242 Å². The van der Waals surface area contributed by atoms with Crippen molar-refractivity contribution in [3.8, 4) is 17.1 Å². The van der Waals surface area contributed by atoms with Gasteiger partial charge >= 0.3 is 0 Å². The fraction of sp³-hybridized carbons (Fsp3) is 0.500. The third kappa shape index (κ3) is 6.77. The van der Waals surface area contributed by atoms with Crippen LogP contribution in [0.2, 0.25) is 0 Å². The van der Waals surface area contributed by atoms with Gasteiger partial charge in [0.2, 0.25) is 11.8 Å². The molecule has 3 aromatic rings. The van der Waals surface area contributed by atoms with Crippen molar-refractivity contribution in [2.75, 3.05) is 25.4 Å². The number of piperazine rings is 1. The van der Waals surface area contributed by atoms with Gasteiger partial charge in [0.15, 0.2) is 11.0 Å². The van der Waals surface area contributed by atoms with E-state index >= 15 is 0 Å². The van der Waals surface area contributed by atoms with Gasteiger partial charge in [-0.05, 0) is 51.7 Å². The van der Waals surface area contributed by atoms with Crippen molar-refractivity contribution >= 4 is 23.6 Å². The van der Waals surface area contributed by atoms with Gasteiger partial charge in [0.25, 0.3) is 0 Å². The third-order valence-electron chi connectivity index (χ3n) is 8.19. The molecule has 0 spiro atoms. The van der Waals surface area contributed by atoms with Gasteiger partial charge in [-0.3, -0.25) is 14.2 Å². The Hall–Kier alpha value is -3.13. The highest BCUT2D eigenvalue weighted by molar-refractivity contribution is 7.99. The largest absolute Gasteiger partial charge is 0.339 e. The molecule has 2 fully saturated rings. The van der Waals surface area contributed by atoms with Crippen LogP contribution in [-0.2, 0) is 9.59 Å². The molecule has 1 aromatic heterocycles. The number of hydrogen-bond acceptors (Lipinski definition) is 5. The lowest BCUT2D eigenvalue weighted by molar-refractivity contribution is -0.146. The summed E-state index contributed by atoms with van der Waals surface area (Å²) >= 11 is 1.69. The molecule has 0 radical (unpaired) electrons. The van der Waals surface area contributed by atoms with Gasteiger partial charge in [0.1, 0.15) is 0 Å². The van der Waals surface area contributed by atoms with Crippen molar-refractivity contribution in [3.05, 3.63) is 60.2 Å². The summed E-state index contributed by atoms with van der Waals surface area (Å²) in [6.07, 6.45) is 7.94. The maximum Gasteiger partial charge on any atom is 0.226 e. The minimum atomic E-state index is 0.0924. The van der Waals surface area contributed by atoms with E-state index in [-0.39, 0.29) is 17.9 Å². The normalized spacial score (nSPS) is 18.2. The number of thioether (sulfide) groups is 1. The molecule has 0 N–H and O–H groups in total. The molecule has 2 heterocycles. The molecule has 1 aliphatic carbocycles. The van der Waals surface area contributed by atoms with Crippen LogP contribution in [0.1, 0.15) is 63.9 Å². The van der Waals surface area contributed by atoms with Crippen LogP contribution in [0.15, 0.2) is 59.8 Å². The van der Waals surface area contributed by atoms with Gasteiger partial charge in [-0.2, -0.15) is 0 Å². The van der Waals surface area contributed by atoms with Crippen LogP contribution in [0.4, 0.5) is 0 Å². The van der Waals surface area contributed by atoms with Gasteiger partial charge in [-0.15, -0.1) is 10.2 Å². The van der Waals surface area contributed by atoms with E-state index in [2.05, 4.69) is 65.0 Å². The summed E-state index contributed by atoms with van der Waals surface area (Å²) in [5.74, 6) is 2.41. The number of carbonyl (C=O) groups is 2. The predicted octanol–water partition coefficient (Wildman–Crippen LogP) is 6.14. The number of amides is 2. The highest BCUT2D eigenvalue weighted by atomic mass is 32.2. The molecule has 0 bridgehead atoms. The highest BCUT2D eigenvalue weighted by Gasteiger charge is 2.33. The molecule has 1 unspecified atom stereocenters. The Morgan fingerprint density at radius 1 is 0.925 bits per heavy atom. The summed E-state index contributed by atoms with van der Waals surface area (Å²) in [5, 5.41) is 9.93. The molecular formula is C32H41N5O2S. The van der Waals surface area contributed by atoms with Crippen molar-refractivity contribution in [2.24, 2.45) is 5.92 Å². The Morgan fingerprint density at radius 3 is 2.40 bits per heavy atom. The number of para-hydroxylation sites is 1. The average molecular weight is 560 g/mol. The van der Waals surface area contributed by atoms with Crippen molar-refractivity contribution in [1.29, 1.82) is 0 Å². The van der Waals surface area contributed by atoms with Gasteiger partial charge in [0, 0.05) is 55.0 Å². The summed E-state index contributed by atoms with van der Waals surface area (Å²) in [6, 6.07) is 18.7. The first-order chi connectivity index (χ1) is 19.5. The zero-order valence-electron chi connectivity index (χ0n) is 23.8. The fourth-order valence-electron chi connectivity index (χ4n) is 5.86. The maximum absolute atomic E-state index is 13.0. The fourth-order valence-corrected chi connectivity index (χ4v) is 6.81. The van der Waals surface area contributed by atoms with Gasteiger partial charge < -0.3 is 9.80 Å². The summed E-state index contributed by atoms with van der Waals surface area (Å²) in [6.45, 7) is 6.13. The van der Waals surface area contributed by atoms with Crippen LogP contribution in [0, 0.1) is 12.8 Å². The number of benzene rings is 2. The molecule has 1 saturated heterocycles. The molecule has 1 saturated carbocycles. The van der Waals surface area contributed by atoms with Gasteiger partial charge in [0.05, 0.1) is 0 Å². The van der Waals surface area contributed by atoms with E-state index in [1.165, 1.54) is 24.8 Å². The van der Waals surface area contributed by atoms with Crippen LogP contribution in [0.3, 0.4) is 0 Å². The quantitative estimate of drug-likeness (QED) is 0.232. The molecule has 212 valence electrons. The SMILES string of the molecule is Cc1ccc(-c2nnc(SCCCCC(=O)N3CCN(C(=O)C4CCCCC4)C(C)C3)n2-c2ccccc2)cc1. The monoisotopic (exact) mass is 559 g/mol. The van der Waals surface area contributed by atoms with Crippen molar-refractivity contribution in [1.82, 2.24) is 24.6 Å². The van der Waals surface area contributed by atoms with Crippen molar-refractivity contribution < 1.29 is 9.59 Å². The maximum atomic E-state index is 13.0. The second kappa shape index (κ2) is 13.5. The molecule has 2 aliphatic rings. The van der Waals surface area contributed by atoms with Gasteiger partial charge in [-0.25, -0.2) is 0 Å². The van der Waals surface area contributed by atoms with E-state index in [9.17, 15) is 9.59 Å². The first kappa shape index (κ1) is 28.4. The van der Waals surface area contributed by atoms with Crippen LogP contribution in [0.25, 0.3) is 17.1 Å². The number of unbranched alkanes of at least 4 members (excludes halogenated alkanes) is 1. The summed E-state index contributed by atoms with van der Waals surface area (Å²) in [7, 11) is 0. The molecule has 1 atom stereocenters. The Morgan fingerprint density at radius 2 is 1.68 bits per heavy atom. The van der Waals surface area contributed by atoms with Crippen LogP contribution in [-0.4, -0.2) is 67.8 Å². The van der Waals surface area contributed by atoms with Crippen molar-refractivity contribution in [3.63, 3.8) is 0 Å². The topological polar surface area (TPSA) is 71.3 Å². The number of rotatable bonds is 9. The second-order valence-electron chi connectivity index (χ2n) is 11.2. The molecule has 2 aromatic carbocycles. The standard InChI is InChI=1S/C32H41N5O2S/c1-24-16-18-26(19-17-24)30-33-34-32(37(30)28-13-7-4-8-14-28)40-22-10-9-15-29(38)35-20-21-36(25(2)23-35)31(39)27-11-5-3-6-12-27/h4,7-8,13-14,16-19,25,27H,3,5-6,9-12,15,20-23H2,1-2H3. The minimum Gasteiger partial charge on any atom is -0.339 e. The van der Waals surface area contributed by atoms with E-state index < -0.39 is 0 Å². The van der Waals surface area contributed by atoms with Gasteiger partial charge in [-0.1, -0.05) is 79.1 Å². The minimum absolute atomic E-state index is 0.0924. The number of aromatic nitrogens is 3. The van der Waals surface area contributed by atoms with Crippen LogP contribution < -0.4 is 0 Å². The smallest absolute Gasteiger partial charge is 0.226 e. The lowest BCUT2D eigenvalue weighted by Crippen LogP contribution is -2.56. The highest BCUT2D eigenvalue weighted by Crippen LogP contribution is 2.29. The molecule has 8 heteroatoms. The molecule has 1 aliphatic heterocycles. The zero-order chi connectivity index (χ0) is 27.9. The average Bonchev–Trinajstić information content (AvgIpc) is 3.41. The molecule has 7 nitrogen and oxygen atoms in total. The van der Waals surface area contributed by atoms with Crippen molar-refractivity contribution in [2.45, 2.75) is 76.4 Å². The number of hydrogen-bond donors (Lipinski definition) is 0. The predicted molar refractivity (Wildman–Crippen MR) is 160 cm³/mol. The zero-order valence-corrected chi connectivity index (χ0v) is 24.6. The Bertz CT molecular complexity index is 1270. The Balaban J connectivity index is 1.11. The molecular weight excluding hydrogens is 518 g/mol. The third-order valence-corrected chi connectivity index (χ3v) is 9.21. The van der Waals surface area contributed by atoms with Crippen LogP contribution in [0.5, 0.6) is 0 Å². The van der Waals surface area contributed by atoms with Crippen LogP contribution >= 0.6 is 11.8 Å². The second-order valence-corrected chi connectivity index (χ2v) is 12.3.